The molecule has 0 saturated heterocycles. The molecule has 3 aromatic rings. The second-order valence-corrected chi connectivity index (χ2v) is 9.05. The Morgan fingerprint density at radius 1 is 1.03 bits per heavy atom. The van der Waals surface area contributed by atoms with Gasteiger partial charge in [-0.15, -0.1) is 0 Å². The molecule has 1 aliphatic rings. The highest BCUT2D eigenvalue weighted by molar-refractivity contribution is 5.83. The molecule has 0 aliphatic heterocycles. The number of hydrogen-bond acceptors (Lipinski definition) is 4. The van der Waals surface area contributed by atoms with Gasteiger partial charge in [-0.05, 0) is 75.6 Å². The van der Waals surface area contributed by atoms with Gasteiger partial charge in [-0.25, -0.2) is 9.97 Å². The minimum atomic E-state index is -0.126. The Bertz CT molecular complexity index is 1040. The van der Waals surface area contributed by atoms with Gasteiger partial charge in [0.1, 0.15) is 5.82 Å². The third-order valence-corrected chi connectivity index (χ3v) is 6.70. The smallest absolute Gasteiger partial charge is 0.227 e. The first-order valence-electron chi connectivity index (χ1n) is 11.6. The van der Waals surface area contributed by atoms with E-state index >= 15 is 0 Å². The van der Waals surface area contributed by atoms with Crippen molar-refractivity contribution in [1.29, 1.82) is 0 Å². The van der Waals surface area contributed by atoms with E-state index in [1.165, 1.54) is 5.56 Å². The molecule has 166 valence electrons. The Morgan fingerprint density at radius 3 is 2.41 bits per heavy atom. The number of benzene rings is 1. The minimum absolute atomic E-state index is 0.113. The molecular weight excluding hydrogens is 396 g/mol. The summed E-state index contributed by atoms with van der Waals surface area (Å²) in [6.45, 7) is 6.75. The molecule has 5 heteroatoms. The molecule has 2 aromatic heterocycles. The van der Waals surface area contributed by atoms with Crippen LogP contribution in [0.5, 0.6) is 0 Å². The van der Waals surface area contributed by atoms with Gasteiger partial charge >= 0.3 is 0 Å². The van der Waals surface area contributed by atoms with Crippen LogP contribution in [0.1, 0.15) is 67.1 Å². The predicted octanol–water partition coefficient (Wildman–Crippen LogP) is 5.35. The summed E-state index contributed by atoms with van der Waals surface area (Å²) in [5.41, 5.74) is 5.67. The summed E-state index contributed by atoms with van der Waals surface area (Å²) in [5, 5.41) is 3.19. The van der Waals surface area contributed by atoms with Crippen molar-refractivity contribution >= 4 is 5.91 Å². The molecule has 0 unspecified atom stereocenters. The van der Waals surface area contributed by atoms with Crippen molar-refractivity contribution in [3.05, 3.63) is 77.6 Å². The van der Waals surface area contributed by atoms with E-state index < -0.39 is 0 Å². The average Bonchev–Trinajstić information content (AvgIpc) is 2.83. The predicted molar refractivity (Wildman–Crippen MR) is 127 cm³/mol. The molecule has 1 aromatic carbocycles. The monoisotopic (exact) mass is 428 g/mol. The maximum atomic E-state index is 12.7. The van der Waals surface area contributed by atoms with Gasteiger partial charge < -0.3 is 5.32 Å². The third-order valence-electron chi connectivity index (χ3n) is 6.70. The fourth-order valence-electron chi connectivity index (χ4n) is 4.60. The molecule has 0 bridgehead atoms. The molecule has 1 atom stereocenters. The number of nitrogens with one attached hydrogen (secondary N) is 1. The Morgan fingerprint density at radius 2 is 1.72 bits per heavy atom. The van der Waals surface area contributed by atoms with E-state index in [1.807, 2.05) is 44.6 Å². The molecule has 32 heavy (non-hydrogen) atoms. The summed E-state index contributed by atoms with van der Waals surface area (Å²) in [7, 11) is 0. The summed E-state index contributed by atoms with van der Waals surface area (Å²) < 4.78 is 0. The van der Waals surface area contributed by atoms with Gasteiger partial charge in [0, 0.05) is 36.6 Å². The van der Waals surface area contributed by atoms with Crippen molar-refractivity contribution in [2.45, 2.75) is 58.3 Å². The lowest BCUT2D eigenvalue weighted by molar-refractivity contribution is -0.122. The number of nitrogens with zero attached hydrogens (tertiary/aromatic N) is 3. The van der Waals surface area contributed by atoms with Crippen LogP contribution in [0.2, 0.25) is 0 Å². The number of carbonyl (C=O) groups is 1. The lowest BCUT2D eigenvalue weighted by Gasteiger charge is -2.29. The molecule has 1 saturated carbocycles. The summed E-state index contributed by atoms with van der Waals surface area (Å²) in [6.07, 6.45) is 9.95. The molecule has 0 radical (unpaired) electrons. The number of pyridine rings is 1. The lowest BCUT2D eigenvalue weighted by atomic mass is 9.79. The Labute approximate surface area is 190 Å². The van der Waals surface area contributed by atoms with Gasteiger partial charge in [0.2, 0.25) is 5.91 Å². The van der Waals surface area contributed by atoms with Crippen molar-refractivity contribution in [2.75, 3.05) is 6.54 Å². The summed E-state index contributed by atoms with van der Waals surface area (Å²) in [6, 6.07) is 12.3. The van der Waals surface area contributed by atoms with Crippen LogP contribution >= 0.6 is 0 Å². The van der Waals surface area contributed by atoms with Crippen LogP contribution in [-0.4, -0.2) is 27.4 Å². The molecule has 0 spiro atoms. The Hall–Kier alpha value is -3.08. The van der Waals surface area contributed by atoms with Crippen molar-refractivity contribution in [1.82, 2.24) is 20.3 Å². The van der Waals surface area contributed by atoms with Crippen molar-refractivity contribution in [3.8, 4) is 11.1 Å². The maximum absolute atomic E-state index is 12.7. The summed E-state index contributed by atoms with van der Waals surface area (Å²) in [5.74, 6) is 1.75. The normalized spacial score (nSPS) is 19.3. The van der Waals surface area contributed by atoms with E-state index in [0.717, 1.165) is 60.4 Å². The third kappa shape index (κ3) is 5.21. The molecular formula is C27H32N4O. The Kier molecular flexibility index (Phi) is 6.93. The lowest BCUT2D eigenvalue weighted by Crippen LogP contribution is -2.33. The van der Waals surface area contributed by atoms with Crippen molar-refractivity contribution < 1.29 is 4.79 Å². The van der Waals surface area contributed by atoms with Crippen LogP contribution in [0.4, 0.5) is 0 Å². The topological polar surface area (TPSA) is 67.8 Å². The molecule has 5 nitrogen and oxygen atoms in total. The number of hydrogen-bond donors (Lipinski definition) is 1. The zero-order valence-electron chi connectivity index (χ0n) is 19.2. The first-order valence-corrected chi connectivity index (χ1v) is 11.6. The van der Waals surface area contributed by atoms with E-state index in [0.29, 0.717) is 11.8 Å². The number of aryl methyl sites for hydroxylation is 2. The van der Waals surface area contributed by atoms with Gasteiger partial charge in [-0.3, -0.25) is 9.78 Å². The highest BCUT2D eigenvalue weighted by Gasteiger charge is 2.26. The number of aromatic nitrogens is 3. The van der Waals surface area contributed by atoms with Crippen molar-refractivity contribution in [3.63, 3.8) is 0 Å². The van der Waals surface area contributed by atoms with Crippen LogP contribution in [0.3, 0.4) is 0 Å². The number of amides is 1. The van der Waals surface area contributed by atoms with Crippen LogP contribution in [0.25, 0.3) is 11.1 Å². The summed E-state index contributed by atoms with van der Waals surface area (Å²) in [4.78, 5) is 26.1. The quantitative estimate of drug-likeness (QED) is 0.575. The molecule has 1 aliphatic carbocycles. The van der Waals surface area contributed by atoms with Crippen LogP contribution in [0.15, 0.2) is 55.0 Å². The fourth-order valence-corrected chi connectivity index (χ4v) is 4.60. The van der Waals surface area contributed by atoms with Gasteiger partial charge in [-0.2, -0.15) is 0 Å². The number of rotatable bonds is 6. The van der Waals surface area contributed by atoms with Gasteiger partial charge in [-0.1, -0.05) is 29.8 Å². The molecule has 1 N–H and O–H groups in total. The van der Waals surface area contributed by atoms with E-state index in [-0.39, 0.29) is 11.8 Å². The minimum Gasteiger partial charge on any atom is -0.355 e. The number of carbonyl (C=O) groups excluding carboxylic acids is 1. The SMILES string of the molecule is Cc1ccc([C@H](C)C(=O)NCC2CCC(c3nc(C)ncc3-c3ccncc3)CC2)cc1. The highest BCUT2D eigenvalue weighted by Crippen LogP contribution is 2.38. The highest BCUT2D eigenvalue weighted by atomic mass is 16.1. The fraction of sp³-hybridized carbons (Fsp3) is 0.407. The van der Waals surface area contributed by atoms with E-state index in [4.69, 9.17) is 4.98 Å². The first-order chi connectivity index (χ1) is 15.5. The largest absolute Gasteiger partial charge is 0.355 e. The van der Waals surface area contributed by atoms with Crippen LogP contribution in [-0.2, 0) is 4.79 Å². The molecule has 2 heterocycles. The van der Waals surface area contributed by atoms with Crippen LogP contribution in [0, 0.1) is 19.8 Å². The summed E-state index contributed by atoms with van der Waals surface area (Å²) >= 11 is 0. The van der Waals surface area contributed by atoms with Crippen molar-refractivity contribution in [2.24, 2.45) is 5.92 Å². The van der Waals surface area contributed by atoms with Gasteiger partial charge in [0.05, 0.1) is 11.6 Å². The van der Waals surface area contributed by atoms with Crippen LogP contribution < -0.4 is 5.32 Å². The zero-order valence-corrected chi connectivity index (χ0v) is 19.2. The standard InChI is InChI=1S/C27H32N4O/c1-18-4-8-22(9-5-18)19(2)27(32)30-16-21-6-10-24(11-7-21)26-25(17-29-20(3)31-26)23-12-14-28-15-13-23/h4-5,8-9,12-15,17,19,21,24H,6-7,10-11,16H2,1-3H3,(H,30,32)/t19-,21?,24?/m0/s1. The molecule has 4 rings (SSSR count). The molecule has 1 fully saturated rings. The first kappa shape index (κ1) is 22.1. The van der Waals surface area contributed by atoms with E-state index in [2.05, 4.69) is 46.5 Å². The second-order valence-electron chi connectivity index (χ2n) is 9.05. The van der Waals surface area contributed by atoms with Gasteiger partial charge in [0.25, 0.3) is 0 Å². The zero-order chi connectivity index (χ0) is 22.5. The molecule has 1 amide bonds. The van der Waals surface area contributed by atoms with Gasteiger partial charge in [0.15, 0.2) is 0 Å². The van der Waals surface area contributed by atoms with E-state index in [1.54, 1.807) is 0 Å². The maximum Gasteiger partial charge on any atom is 0.227 e. The Balaban J connectivity index is 1.34. The average molecular weight is 429 g/mol. The van der Waals surface area contributed by atoms with E-state index in [9.17, 15) is 4.79 Å². The second kappa shape index (κ2) is 10.0.